The van der Waals surface area contributed by atoms with E-state index in [0.29, 0.717) is 35.0 Å². The van der Waals surface area contributed by atoms with Gasteiger partial charge in [0.05, 0.1) is 22.8 Å². The standard InChI is InChI=1S/C23H20ClN5O3/c1-13-5-8-25-15(9-13)11-29-19(16-4-3-14(22(30)31)10-17(16)24)28-18-20(29)26-12-27-21(18)32-23(2)6-7-23/h3-5,8-10,12H,6-7,11H2,1-2H3,(H,30,31). The van der Waals surface area contributed by atoms with Crippen LogP contribution in [0.15, 0.2) is 42.9 Å². The molecule has 0 spiro atoms. The number of rotatable bonds is 6. The maximum absolute atomic E-state index is 11.3. The average Bonchev–Trinajstić information content (AvgIpc) is 3.37. The van der Waals surface area contributed by atoms with Gasteiger partial charge in [-0.15, -0.1) is 0 Å². The highest BCUT2D eigenvalue weighted by Gasteiger charge is 2.41. The van der Waals surface area contributed by atoms with Gasteiger partial charge in [0.15, 0.2) is 11.2 Å². The summed E-state index contributed by atoms with van der Waals surface area (Å²) in [7, 11) is 0. The minimum absolute atomic E-state index is 0.104. The molecule has 9 heteroatoms. The number of halogens is 1. The summed E-state index contributed by atoms with van der Waals surface area (Å²) in [5.74, 6) is -0.0860. The summed E-state index contributed by atoms with van der Waals surface area (Å²) in [6.07, 6.45) is 5.14. The molecule has 0 radical (unpaired) electrons. The van der Waals surface area contributed by atoms with Gasteiger partial charge in [0.25, 0.3) is 0 Å². The van der Waals surface area contributed by atoms with Crippen LogP contribution in [0.3, 0.4) is 0 Å². The zero-order chi connectivity index (χ0) is 22.5. The lowest BCUT2D eigenvalue weighted by Crippen LogP contribution is -2.13. The van der Waals surface area contributed by atoms with Gasteiger partial charge in [0.1, 0.15) is 17.8 Å². The quantitative estimate of drug-likeness (QED) is 0.461. The highest BCUT2D eigenvalue weighted by molar-refractivity contribution is 6.33. The molecule has 1 fully saturated rings. The van der Waals surface area contributed by atoms with Crippen LogP contribution < -0.4 is 4.74 Å². The monoisotopic (exact) mass is 449 g/mol. The SMILES string of the molecule is Cc1ccnc(Cn2c(-c3ccc(C(=O)O)cc3Cl)nc3c(OC4(C)CC4)ncnc32)c1. The molecule has 1 aromatic carbocycles. The first-order valence-corrected chi connectivity index (χ1v) is 10.6. The molecule has 8 nitrogen and oxygen atoms in total. The van der Waals surface area contributed by atoms with Gasteiger partial charge in [0, 0.05) is 11.8 Å². The van der Waals surface area contributed by atoms with Gasteiger partial charge in [-0.1, -0.05) is 11.6 Å². The minimum Gasteiger partial charge on any atom is -0.478 e. The van der Waals surface area contributed by atoms with Crippen molar-refractivity contribution in [1.29, 1.82) is 0 Å². The number of pyridine rings is 1. The van der Waals surface area contributed by atoms with Crippen molar-refractivity contribution in [3.05, 3.63) is 64.7 Å². The van der Waals surface area contributed by atoms with Gasteiger partial charge in [-0.25, -0.2) is 14.8 Å². The third-order valence-corrected chi connectivity index (χ3v) is 5.86. The number of benzene rings is 1. The molecule has 0 saturated heterocycles. The Labute approximate surface area is 188 Å². The predicted molar refractivity (Wildman–Crippen MR) is 119 cm³/mol. The van der Waals surface area contributed by atoms with Gasteiger partial charge in [-0.2, -0.15) is 4.98 Å². The van der Waals surface area contributed by atoms with Crippen molar-refractivity contribution in [1.82, 2.24) is 24.5 Å². The number of aromatic carboxylic acids is 1. The van der Waals surface area contributed by atoms with Gasteiger partial charge in [-0.05, 0) is 62.6 Å². The van der Waals surface area contributed by atoms with E-state index in [-0.39, 0.29) is 16.2 Å². The van der Waals surface area contributed by atoms with Crippen LogP contribution >= 0.6 is 11.6 Å². The number of aromatic nitrogens is 5. The number of imidazole rings is 1. The van der Waals surface area contributed by atoms with Crippen LogP contribution in [-0.4, -0.2) is 41.2 Å². The first-order chi connectivity index (χ1) is 15.3. The van der Waals surface area contributed by atoms with Crippen LogP contribution in [0, 0.1) is 6.92 Å². The van der Waals surface area contributed by atoms with Crippen molar-refractivity contribution in [2.24, 2.45) is 0 Å². The Morgan fingerprint density at radius 1 is 1.22 bits per heavy atom. The number of carboxylic acid groups (broad SMARTS) is 1. The third-order valence-electron chi connectivity index (χ3n) is 5.54. The fourth-order valence-corrected chi connectivity index (χ4v) is 3.80. The van der Waals surface area contributed by atoms with Crippen molar-refractivity contribution in [3.8, 4) is 17.3 Å². The Hall–Kier alpha value is -3.52. The highest BCUT2D eigenvalue weighted by Crippen LogP contribution is 2.41. The minimum atomic E-state index is -1.05. The molecule has 1 saturated carbocycles. The smallest absolute Gasteiger partial charge is 0.335 e. The molecule has 0 amide bonds. The summed E-state index contributed by atoms with van der Waals surface area (Å²) in [4.78, 5) is 29.4. The van der Waals surface area contributed by atoms with Gasteiger partial charge < -0.3 is 14.4 Å². The van der Waals surface area contributed by atoms with Crippen molar-refractivity contribution in [2.45, 2.75) is 38.8 Å². The van der Waals surface area contributed by atoms with E-state index < -0.39 is 5.97 Å². The maximum atomic E-state index is 11.3. The molecule has 32 heavy (non-hydrogen) atoms. The Bertz CT molecular complexity index is 1360. The van der Waals surface area contributed by atoms with Crippen molar-refractivity contribution in [3.63, 3.8) is 0 Å². The Morgan fingerprint density at radius 3 is 2.72 bits per heavy atom. The van der Waals surface area contributed by atoms with Crippen molar-refractivity contribution < 1.29 is 14.6 Å². The number of ether oxygens (including phenoxy) is 1. The van der Waals surface area contributed by atoms with Gasteiger partial charge >= 0.3 is 5.97 Å². The van der Waals surface area contributed by atoms with Crippen LogP contribution in [-0.2, 0) is 6.54 Å². The first kappa shape index (κ1) is 20.4. The van der Waals surface area contributed by atoms with Crippen LogP contribution in [0.25, 0.3) is 22.6 Å². The molecule has 4 aromatic rings. The molecule has 0 aliphatic heterocycles. The number of fused-ring (bicyclic) bond motifs is 1. The lowest BCUT2D eigenvalue weighted by molar-refractivity contribution is 0.0697. The molecule has 1 N–H and O–H groups in total. The molecule has 3 aromatic heterocycles. The van der Waals surface area contributed by atoms with E-state index in [1.54, 1.807) is 12.3 Å². The molecule has 1 aliphatic carbocycles. The van der Waals surface area contributed by atoms with Crippen LogP contribution in [0.4, 0.5) is 0 Å². The molecule has 162 valence electrons. The molecular weight excluding hydrogens is 430 g/mol. The summed E-state index contributed by atoms with van der Waals surface area (Å²) in [6, 6.07) is 8.51. The summed E-state index contributed by atoms with van der Waals surface area (Å²) >= 11 is 6.49. The van der Waals surface area contributed by atoms with Crippen LogP contribution in [0.1, 0.15) is 41.4 Å². The number of carboxylic acids is 1. The van der Waals surface area contributed by atoms with E-state index in [9.17, 15) is 9.90 Å². The number of aryl methyl sites for hydroxylation is 1. The number of carbonyl (C=O) groups is 1. The lowest BCUT2D eigenvalue weighted by Gasteiger charge is -2.12. The second-order valence-electron chi connectivity index (χ2n) is 8.25. The average molecular weight is 450 g/mol. The topological polar surface area (TPSA) is 103 Å². The van der Waals surface area contributed by atoms with E-state index in [1.165, 1.54) is 18.5 Å². The zero-order valence-electron chi connectivity index (χ0n) is 17.5. The lowest BCUT2D eigenvalue weighted by atomic mass is 10.1. The van der Waals surface area contributed by atoms with E-state index in [2.05, 4.69) is 15.0 Å². The summed E-state index contributed by atoms with van der Waals surface area (Å²) < 4.78 is 8.03. The zero-order valence-corrected chi connectivity index (χ0v) is 18.3. The maximum Gasteiger partial charge on any atom is 0.335 e. The fourth-order valence-electron chi connectivity index (χ4n) is 3.53. The summed E-state index contributed by atoms with van der Waals surface area (Å²) in [5.41, 5.74) is 3.50. The second kappa shape index (κ2) is 7.56. The van der Waals surface area contributed by atoms with E-state index >= 15 is 0 Å². The molecule has 3 heterocycles. The molecule has 5 rings (SSSR count). The van der Waals surface area contributed by atoms with Crippen LogP contribution in [0.2, 0.25) is 5.02 Å². The van der Waals surface area contributed by atoms with Gasteiger partial charge in [-0.3, -0.25) is 4.98 Å². The summed E-state index contributed by atoms with van der Waals surface area (Å²) in [5, 5.41) is 9.57. The molecule has 0 unspecified atom stereocenters. The van der Waals surface area contributed by atoms with E-state index in [0.717, 1.165) is 24.1 Å². The van der Waals surface area contributed by atoms with E-state index in [1.807, 2.05) is 30.5 Å². The largest absolute Gasteiger partial charge is 0.478 e. The molecular formula is C23H20ClN5O3. The predicted octanol–water partition coefficient (Wildman–Crippen LogP) is 4.53. The molecule has 1 aliphatic rings. The second-order valence-corrected chi connectivity index (χ2v) is 8.66. The first-order valence-electron chi connectivity index (χ1n) is 10.2. The molecule has 0 atom stereocenters. The van der Waals surface area contributed by atoms with E-state index in [4.69, 9.17) is 21.3 Å². The summed E-state index contributed by atoms with van der Waals surface area (Å²) in [6.45, 7) is 4.44. The molecule has 0 bridgehead atoms. The Morgan fingerprint density at radius 2 is 2.03 bits per heavy atom. The number of hydrogen-bond acceptors (Lipinski definition) is 6. The van der Waals surface area contributed by atoms with Crippen LogP contribution in [0.5, 0.6) is 5.88 Å². The van der Waals surface area contributed by atoms with Crippen molar-refractivity contribution >= 4 is 28.7 Å². The third kappa shape index (κ3) is 3.78. The normalized spacial score (nSPS) is 14.5. The Balaban J connectivity index is 1.69. The highest BCUT2D eigenvalue weighted by atomic mass is 35.5. The number of hydrogen-bond donors (Lipinski definition) is 1. The van der Waals surface area contributed by atoms with Crippen molar-refractivity contribution in [2.75, 3.05) is 0 Å². The Kier molecular flexibility index (Phi) is 4.82. The van der Waals surface area contributed by atoms with Gasteiger partial charge in [0.2, 0.25) is 5.88 Å². The number of nitrogens with zero attached hydrogens (tertiary/aromatic N) is 5. The fraction of sp³-hybridized carbons (Fsp3) is 0.261.